The summed E-state index contributed by atoms with van der Waals surface area (Å²) in [6.07, 6.45) is -0.636. The third kappa shape index (κ3) is 6.36. The minimum atomic E-state index is -0.636. The molecule has 0 aromatic rings. The Morgan fingerprint density at radius 1 is 1.35 bits per heavy atom. The van der Waals surface area contributed by atoms with Gasteiger partial charge in [-0.2, -0.15) is 5.06 Å². The number of rotatable bonds is 6. The van der Waals surface area contributed by atoms with Crippen LogP contribution in [0.5, 0.6) is 0 Å². The Morgan fingerprint density at radius 3 is 2.53 bits per heavy atom. The number of hydroxylamine groups is 2. The van der Waals surface area contributed by atoms with Crippen LogP contribution in [0.1, 0.15) is 6.92 Å². The van der Waals surface area contributed by atoms with E-state index in [1.54, 1.807) is 0 Å². The van der Waals surface area contributed by atoms with Crippen molar-refractivity contribution >= 4 is 17.7 Å². The summed E-state index contributed by atoms with van der Waals surface area (Å²) in [5.41, 5.74) is 0.188. The summed E-state index contributed by atoms with van der Waals surface area (Å²) in [6, 6.07) is 0. The zero-order valence-corrected chi connectivity index (χ0v) is 10.3. The van der Waals surface area contributed by atoms with E-state index in [2.05, 4.69) is 15.3 Å². The van der Waals surface area contributed by atoms with Crippen LogP contribution < -0.4 is 5.32 Å². The van der Waals surface area contributed by atoms with Gasteiger partial charge in [-0.3, -0.25) is 9.63 Å². The van der Waals surface area contributed by atoms with Crippen LogP contribution in [-0.2, 0) is 19.2 Å². The van der Waals surface area contributed by atoms with E-state index in [1.165, 1.54) is 28.1 Å². The number of nitrogens with one attached hydrogen (secondary N) is 1. The monoisotopic (exact) mass is 247 g/mol. The molecule has 0 spiro atoms. The van der Waals surface area contributed by atoms with Gasteiger partial charge in [-0.15, -0.1) is 0 Å². The number of hydrogen-bond acceptors (Lipinski definition) is 6. The van der Waals surface area contributed by atoms with E-state index in [-0.39, 0.29) is 24.8 Å². The van der Waals surface area contributed by atoms with E-state index in [0.29, 0.717) is 0 Å². The molecule has 98 valence electrons. The normalized spacial score (nSPS) is 10.7. The maximum atomic E-state index is 11.0. The summed E-state index contributed by atoms with van der Waals surface area (Å²) in [5.74, 6) is -0.332. The van der Waals surface area contributed by atoms with E-state index < -0.39 is 6.09 Å². The SMILES string of the molecule is CNC(=O)/C(C)=N/OCCOC(=O)N(C)OC. The van der Waals surface area contributed by atoms with Gasteiger partial charge in [0, 0.05) is 14.1 Å². The molecular formula is C9H17N3O5. The summed E-state index contributed by atoms with van der Waals surface area (Å²) in [5, 5.41) is 6.84. The van der Waals surface area contributed by atoms with Gasteiger partial charge in [0.15, 0.2) is 6.61 Å². The molecule has 0 bridgehead atoms. The van der Waals surface area contributed by atoms with Crippen molar-refractivity contribution in [1.82, 2.24) is 10.4 Å². The maximum Gasteiger partial charge on any atom is 0.433 e. The molecule has 0 aromatic heterocycles. The summed E-state index contributed by atoms with van der Waals surface area (Å²) in [4.78, 5) is 31.4. The minimum Gasteiger partial charge on any atom is -0.444 e. The second kappa shape index (κ2) is 8.34. The second-order valence-corrected chi connectivity index (χ2v) is 2.88. The first kappa shape index (κ1) is 15.2. The van der Waals surface area contributed by atoms with Crippen LogP contribution in [0.2, 0.25) is 0 Å². The van der Waals surface area contributed by atoms with Crippen molar-refractivity contribution in [3.8, 4) is 0 Å². The summed E-state index contributed by atoms with van der Waals surface area (Å²) < 4.78 is 4.73. The van der Waals surface area contributed by atoms with Crippen molar-refractivity contribution in [3.63, 3.8) is 0 Å². The summed E-state index contributed by atoms with van der Waals surface area (Å²) in [7, 11) is 4.25. The van der Waals surface area contributed by atoms with Gasteiger partial charge in [0.2, 0.25) is 0 Å². The van der Waals surface area contributed by atoms with Crippen molar-refractivity contribution in [1.29, 1.82) is 0 Å². The number of hydrogen-bond donors (Lipinski definition) is 1. The van der Waals surface area contributed by atoms with Gasteiger partial charge in [0.05, 0.1) is 7.11 Å². The molecule has 1 N–H and O–H groups in total. The number of ether oxygens (including phenoxy) is 1. The minimum absolute atomic E-state index is 0.0110. The Labute approximate surface area is 99.4 Å². The van der Waals surface area contributed by atoms with Crippen molar-refractivity contribution in [3.05, 3.63) is 0 Å². The molecule has 0 unspecified atom stereocenters. The number of carbonyl (C=O) groups is 2. The number of nitrogens with zero attached hydrogens (tertiary/aromatic N) is 2. The molecule has 8 heteroatoms. The first-order chi connectivity index (χ1) is 8.02. The fourth-order valence-electron chi connectivity index (χ4n) is 0.697. The predicted octanol–water partition coefficient (Wildman–Crippen LogP) is -0.245. The average molecular weight is 247 g/mol. The Bertz CT molecular complexity index is 292. The molecule has 0 fully saturated rings. The van der Waals surface area contributed by atoms with Crippen LogP contribution in [0.3, 0.4) is 0 Å². The van der Waals surface area contributed by atoms with E-state index in [9.17, 15) is 9.59 Å². The first-order valence-electron chi connectivity index (χ1n) is 4.86. The molecule has 0 aromatic carbocycles. The molecule has 2 amide bonds. The van der Waals surface area contributed by atoms with Gasteiger partial charge in [-0.25, -0.2) is 4.79 Å². The van der Waals surface area contributed by atoms with Gasteiger partial charge in [0.25, 0.3) is 5.91 Å². The van der Waals surface area contributed by atoms with Crippen molar-refractivity contribution < 1.29 is 24.0 Å². The zero-order valence-electron chi connectivity index (χ0n) is 10.3. The topological polar surface area (TPSA) is 89.5 Å². The van der Waals surface area contributed by atoms with Crippen LogP contribution in [0.25, 0.3) is 0 Å². The van der Waals surface area contributed by atoms with E-state index in [1.807, 2.05) is 0 Å². The van der Waals surface area contributed by atoms with Gasteiger partial charge < -0.3 is 14.9 Å². The molecule has 0 aliphatic heterocycles. The molecule has 0 atom stereocenters. The molecule has 0 saturated carbocycles. The maximum absolute atomic E-state index is 11.0. The number of oxime groups is 1. The molecule has 8 nitrogen and oxygen atoms in total. The number of amides is 2. The third-order valence-corrected chi connectivity index (χ3v) is 1.69. The van der Waals surface area contributed by atoms with Crippen LogP contribution in [0.15, 0.2) is 5.16 Å². The van der Waals surface area contributed by atoms with E-state index in [4.69, 9.17) is 9.57 Å². The Hall–Kier alpha value is -1.83. The molecule has 0 saturated heterocycles. The van der Waals surface area contributed by atoms with Crippen LogP contribution in [0, 0.1) is 0 Å². The molecule has 0 rings (SSSR count). The first-order valence-corrected chi connectivity index (χ1v) is 4.86. The van der Waals surface area contributed by atoms with Crippen molar-refractivity contribution in [2.24, 2.45) is 5.16 Å². The molecular weight excluding hydrogens is 230 g/mol. The van der Waals surface area contributed by atoms with E-state index >= 15 is 0 Å². The third-order valence-electron chi connectivity index (χ3n) is 1.69. The van der Waals surface area contributed by atoms with E-state index in [0.717, 1.165) is 5.06 Å². The molecule has 0 aliphatic carbocycles. The largest absolute Gasteiger partial charge is 0.444 e. The molecule has 0 radical (unpaired) electrons. The molecule has 0 heterocycles. The predicted molar refractivity (Wildman–Crippen MR) is 59.2 cm³/mol. The highest BCUT2D eigenvalue weighted by Crippen LogP contribution is 1.90. The summed E-state index contributed by atoms with van der Waals surface area (Å²) >= 11 is 0. The van der Waals surface area contributed by atoms with Crippen molar-refractivity contribution in [2.75, 3.05) is 34.4 Å². The van der Waals surface area contributed by atoms with Gasteiger partial charge in [0.1, 0.15) is 12.3 Å². The highest BCUT2D eigenvalue weighted by molar-refractivity contribution is 6.37. The molecule has 17 heavy (non-hydrogen) atoms. The van der Waals surface area contributed by atoms with Gasteiger partial charge >= 0.3 is 6.09 Å². The fraction of sp³-hybridized carbons (Fsp3) is 0.667. The standard InChI is InChI=1S/C9H17N3O5/c1-7(8(13)10-2)11-17-6-5-16-9(14)12(3)15-4/h5-6H2,1-4H3,(H,10,13)/b11-7+. The van der Waals surface area contributed by atoms with Crippen LogP contribution in [0.4, 0.5) is 4.79 Å². The smallest absolute Gasteiger partial charge is 0.433 e. The Balaban J connectivity index is 3.72. The van der Waals surface area contributed by atoms with Gasteiger partial charge in [-0.1, -0.05) is 5.16 Å². The lowest BCUT2D eigenvalue weighted by molar-refractivity contribution is -0.114. The lowest BCUT2D eigenvalue weighted by atomic mass is 10.4. The Kier molecular flexibility index (Phi) is 7.44. The zero-order chi connectivity index (χ0) is 13.3. The van der Waals surface area contributed by atoms with Crippen LogP contribution in [-0.4, -0.2) is 57.2 Å². The second-order valence-electron chi connectivity index (χ2n) is 2.88. The highest BCUT2D eigenvalue weighted by atomic mass is 16.7. The lowest BCUT2D eigenvalue weighted by Crippen LogP contribution is -2.27. The molecule has 0 aliphatic rings. The highest BCUT2D eigenvalue weighted by Gasteiger charge is 2.08. The number of carbonyl (C=O) groups excluding carboxylic acids is 2. The average Bonchev–Trinajstić information content (AvgIpc) is 2.35. The Morgan fingerprint density at radius 2 is 2.00 bits per heavy atom. The quantitative estimate of drug-likeness (QED) is 0.397. The lowest BCUT2D eigenvalue weighted by Gasteiger charge is -2.12. The van der Waals surface area contributed by atoms with Gasteiger partial charge in [-0.05, 0) is 6.92 Å². The fourth-order valence-corrected chi connectivity index (χ4v) is 0.697. The van der Waals surface area contributed by atoms with Crippen LogP contribution >= 0.6 is 0 Å². The summed E-state index contributed by atoms with van der Waals surface area (Å²) in [6.45, 7) is 1.57. The van der Waals surface area contributed by atoms with Crippen molar-refractivity contribution in [2.45, 2.75) is 6.92 Å².